The average Bonchev–Trinajstić information content (AvgIpc) is 2.80. The van der Waals surface area contributed by atoms with Crippen LogP contribution in [0, 0.1) is 0 Å². The standard InChI is InChI=1S/C12H14ClN5O/c1-2-6-18-11(15-16-17-18)7-10(19)8-4-3-5-9(13)12(8)14/h3-5H,2,6-7,14H2,1H3. The molecule has 7 heteroatoms. The molecule has 1 aromatic carbocycles. The van der Waals surface area contributed by atoms with Gasteiger partial charge in [-0.1, -0.05) is 24.6 Å². The highest BCUT2D eigenvalue weighted by Crippen LogP contribution is 2.23. The van der Waals surface area contributed by atoms with Crippen LogP contribution >= 0.6 is 11.6 Å². The number of aryl methyl sites for hydroxylation is 1. The molecule has 1 aromatic heterocycles. The van der Waals surface area contributed by atoms with Crippen LogP contribution in [0.5, 0.6) is 0 Å². The molecule has 0 aliphatic rings. The Labute approximate surface area is 115 Å². The van der Waals surface area contributed by atoms with E-state index in [-0.39, 0.29) is 12.2 Å². The Morgan fingerprint density at radius 1 is 1.47 bits per heavy atom. The molecule has 19 heavy (non-hydrogen) atoms. The van der Waals surface area contributed by atoms with Crippen molar-refractivity contribution in [2.45, 2.75) is 26.3 Å². The molecule has 2 N–H and O–H groups in total. The lowest BCUT2D eigenvalue weighted by Crippen LogP contribution is -2.13. The summed E-state index contributed by atoms with van der Waals surface area (Å²) in [5.41, 5.74) is 6.49. The third-order valence-corrected chi connectivity index (χ3v) is 3.04. The van der Waals surface area contributed by atoms with Gasteiger partial charge in [-0.15, -0.1) is 5.10 Å². The number of Topliss-reactive ketones (excluding diaryl/α,β-unsaturated/α-hetero) is 1. The van der Waals surface area contributed by atoms with Crippen molar-refractivity contribution in [2.75, 3.05) is 5.73 Å². The number of hydrogen-bond donors (Lipinski definition) is 1. The summed E-state index contributed by atoms with van der Waals surface area (Å²) in [6.45, 7) is 2.70. The summed E-state index contributed by atoms with van der Waals surface area (Å²) in [6, 6.07) is 4.99. The summed E-state index contributed by atoms with van der Waals surface area (Å²) in [5, 5.41) is 11.7. The number of anilines is 1. The molecule has 2 aromatic rings. The first-order valence-corrected chi connectivity index (χ1v) is 6.33. The van der Waals surface area contributed by atoms with E-state index in [0.717, 1.165) is 6.42 Å². The number of halogens is 1. The van der Waals surface area contributed by atoms with Crippen molar-refractivity contribution in [2.24, 2.45) is 0 Å². The molecule has 0 aliphatic carbocycles. The molecular weight excluding hydrogens is 266 g/mol. The second kappa shape index (κ2) is 5.79. The second-order valence-corrected chi connectivity index (χ2v) is 4.53. The van der Waals surface area contributed by atoms with E-state index >= 15 is 0 Å². The second-order valence-electron chi connectivity index (χ2n) is 4.12. The number of hydrogen-bond acceptors (Lipinski definition) is 5. The third kappa shape index (κ3) is 2.90. The van der Waals surface area contributed by atoms with Crippen molar-refractivity contribution in [3.63, 3.8) is 0 Å². The van der Waals surface area contributed by atoms with Gasteiger partial charge in [0.1, 0.15) is 0 Å². The summed E-state index contributed by atoms with van der Waals surface area (Å²) < 4.78 is 1.62. The molecule has 0 atom stereocenters. The Hall–Kier alpha value is -1.95. The van der Waals surface area contributed by atoms with Crippen molar-refractivity contribution >= 4 is 23.1 Å². The van der Waals surface area contributed by atoms with Gasteiger partial charge in [0.2, 0.25) is 0 Å². The zero-order chi connectivity index (χ0) is 13.8. The van der Waals surface area contributed by atoms with Crippen molar-refractivity contribution < 1.29 is 4.79 Å². The van der Waals surface area contributed by atoms with Crippen LogP contribution in [0.25, 0.3) is 0 Å². The Kier molecular flexibility index (Phi) is 4.11. The van der Waals surface area contributed by atoms with Gasteiger partial charge in [-0.25, -0.2) is 4.68 Å². The summed E-state index contributed by atoms with van der Waals surface area (Å²) in [5.74, 6) is 0.387. The van der Waals surface area contributed by atoms with Crippen LogP contribution in [-0.4, -0.2) is 26.0 Å². The molecule has 0 amide bonds. The molecule has 2 rings (SSSR count). The lowest BCUT2D eigenvalue weighted by Gasteiger charge is -2.06. The molecule has 0 spiro atoms. The molecule has 0 bridgehead atoms. The summed E-state index contributed by atoms with van der Waals surface area (Å²) in [4.78, 5) is 12.2. The highest BCUT2D eigenvalue weighted by atomic mass is 35.5. The quantitative estimate of drug-likeness (QED) is 0.665. The zero-order valence-corrected chi connectivity index (χ0v) is 11.3. The predicted octanol–water partition coefficient (Wildman–Crippen LogP) is 1.74. The van der Waals surface area contributed by atoms with Crippen molar-refractivity contribution in [3.05, 3.63) is 34.6 Å². The van der Waals surface area contributed by atoms with Gasteiger partial charge in [0.15, 0.2) is 11.6 Å². The number of aromatic nitrogens is 4. The van der Waals surface area contributed by atoms with Gasteiger partial charge in [-0.05, 0) is 29.0 Å². The van der Waals surface area contributed by atoms with Crippen LogP contribution in [0.1, 0.15) is 29.5 Å². The van der Waals surface area contributed by atoms with Gasteiger partial charge >= 0.3 is 0 Å². The predicted molar refractivity (Wildman–Crippen MR) is 72.0 cm³/mol. The topological polar surface area (TPSA) is 86.7 Å². The van der Waals surface area contributed by atoms with Crippen LogP contribution in [0.2, 0.25) is 5.02 Å². The van der Waals surface area contributed by atoms with E-state index in [0.29, 0.717) is 28.6 Å². The maximum absolute atomic E-state index is 12.2. The fourth-order valence-corrected chi connectivity index (χ4v) is 1.93. The molecule has 0 saturated carbocycles. The fourth-order valence-electron chi connectivity index (χ4n) is 1.75. The summed E-state index contributed by atoms with van der Waals surface area (Å²) in [6.07, 6.45) is 1.00. The fraction of sp³-hybridized carbons (Fsp3) is 0.333. The molecule has 100 valence electrons. The number of benzene rings is 1. The molecule has 0 radical (unpaired) electrons. The van der Waals surface area contributed by atoms with Crippen molar-refractivity contribution in [1.82, 2.24) is 20.2 Å². The highest BCUT2D eigenvalue weighted by molar-refractivity contribution is 6.34. The molecule has 6 nitrogen and oxygen atoms in total. The Morgan fingerprint density at radius 3 is 3.00 bits per heavy atom. The van der Waals surface area contributed by atoms with Gasteiger partial charge in [0.25, 0.3) is 0 Å². The van der Waals surface area contributed by atoms with E-state index in [1.165, 1.54) is 0 Å². The average molecular weight is 280 g/mol. The lowest BCUT2D eigenvalue weighted by molar-refractivity contribution is 0.0990. The van der Waals surface area contributed by atoms with Gasteiger partial charge in [0.05, 0.1) is 17.1 Å². The van der Waals surface area contributed by atoms with E-state index in [9.17, 15) is 4.79 Å². The number of tetrazole rings is 1. The summed E-state index contributed by atoms with van der Waals surface area (Å²) >= 11 is 5.90. The van der Waals surface area contributed by atoms with E-state index in [1.807, 2.05) is 6.92 Å². The number of nitrogen functional groups attached to an aromatic ring is 1. The number of ketones is 1. The molecule has 0 saturated heterocycles. The minimum atomic E-state index is -0.146. The SMILES string of the molecule is CCCn1nnnc1CC(=O)c1cccc(Cl)c1N. The molecule has 0 fully saturated rings. The van der Waals surface area contributed by atoms with E-state index in [2.05, 4.69) is 15.5 Å². The monoisotopic (exact) mass is 279 g/mol. The van der Waals surface area contributed by atoms with E-state index in [1.54, 1.807) is 22.9 Å². The summed E-state index contributed by atoms with van der Waals surface area (Å²) in [7, 11) is 0. The van der Waals surface area contributed by atoms with Crippen molar-refractivity contribution in [3.8, 4) is 0 Å². The first-order chi connectivity index (χ1) is 9.13. The molecular formula is C12H14ClN5O. The largest absolute Gasteiger partial charge is 0.397 e. The van der Waals surface area contributed by atoms with Gasteiger partial charge in [0, 0.05) is 12.1 Å². The maximum Gasteiger partial charge on any atom is 0.172 e. The lowest BCUT2D eigenvalue weighted by atomic mass is 10.1. The number of rotatable bonds is 5. The Bertz CT molecular complexity index is 596. The van der Waals surface area contributed by atoms with E-state index in [4.69, 9.17) is 17.3 Å². The number of para-hydroxylation sites is 1. The van der Waals surface area contributed by atoms with Crippen LogP contribution in [0.4, 0.5) is 5.69 Å². The van der Waals surface area contributed by atoms with Crippen LogP contribution in [0.15, 0.2) is 18.2 Å². The van der Waals surface area contributed by atoms with Gasteiger partial charge in [-0.2, -0.15) is 0 Å². The van der Waals surface area contributed by atoms with Crippen LogP contribution in [-0.2, 0) is 13.0 Å². The molecule has 1 heterocycles. The maximum atomic E-state index is 12.2. The van der Waals surface area contributed by atoms with Crippen LogP contribution < -0.4 is 5.73 Å². The number of carbonyl (C=O) groups is 1. The normalized spacial score (nSPS) is 10.6. The van der Waals surface area contributed by atoms with Gasteiger partial charge in [-0.3, -0.25) is 4.79 Å². The van der Waals surface area contributed by atoms with Crippen molar-refractivity contribution in [1.29, 1.82) is 0 Å². The Balaban J connectivity index is 2.21. The number of nitrogens with zero attached hydrogens (tertiary/aromatic N) is 4. The number of carbonyl (C=O) groups excluding carboxylic acids is 1. The minimum absolute atomic E-state index is 0.109. The van der Waals surface area contributed by atoms with E-state index < -0.39 is 0 Å². The highest BCUT2D eigenvalue weighted by Gasteiger charge is 2.16. The Morgan fingerprint density at radius 2 is 2.26 bits per heavy atom. The molecule has 0 unspecified atom stereocenters. The third-order valence-electron chi connectivity index (χ3n) is 2.71. The number of nitrogens with two attached hydrogens (primary N) is 1. The smallest absolute Gasteiger partial charge is 0.172 e. The molecule has 0 aliphatic heterocycles. The van der Waals surface area contributed by atoms with Crippen LogP contribution in [0.3, 0.4) is 0 Å². The zero-order valence-electron chi connectivity index (χ0n) is 10.5. The first-order valence-electron chi connectivity index (χ1n) is 5.95. The minimum Gasteiger partial charge on any atom is -0.397 e. The first kappa shape index (κ1) is 13.5. The van der Waals surface area contributed by atoms with Gasteiger partial charge < -0.3 is 5.73 Å².